The number of amides is 1. The average molecular weight is 976 g/mol. The van der Waals surface area contributed by atoms with Gasteiger partial charge in [-0.25, -0.2) is 4.98 Å². The van der Waals surface area contributed by atoms with E-state index in [4.69, 9.17) is 37.8 Å². The number of methoxy groups -OCH3 is 1. The monoisotopic (exact) mass is 975 g/mol. The number of ether oxygens (including phenoxy) is 6. The molecule has 8 atom stereocenters. The number of rotatable bonds is 9. The molecule has 0 saturated carbocycles. The van der Waals surface area contributed by atoms with Crippen LogP contribution in [0.25, 0.3) is 33.3 Å². The molecule has 1 amide bonds. The van der Waals surface area contributed by atoms with Crippen molar-refractivity contribution in [3.05, 3.63) is 99.5 Å². The number of Topliss-reactive ketones (excluding diaryl/α,β-unsaturated/α-hetero) is 1. The number of carbonyl (C=O) groups is 3. The highest BCUT2D eigenvalue weighted by atomic mass is 16.7. The zero-order chi connectivity index (χ0) is 51.3. The number of benzene rings is 4. The summed E-state index contributed by atoms with van der Waals surface area (Å²) in [6.45, 7) is 13.0. The highest BCUT2D eigenvalue weighted by molar-refractivity contribution is 6.22. The van der Waals surface area contributed by atoms with Gasteiger partial charge < -0.3 is 58.2 Å². The number of anilines is 2. The van der Waals surface area contributed by atoms with Crippen molar-refractivity contribution in [2.45, 2.75) is 91.6 Å². The molecule has 6 bridgehead atoms. The topological polar surface area (TPSA) is 214 Å². The fourth-order valence-corrected chi connectivity index (χ4v) is 9.77. The van der Waals surface area contributed by atoms with Crippen molar-refractivity contribution in [3.63, 3.8) is 0 Å². The van der Waals surface area contributed by atoms with Gasteiger partial charge in [0.25, 0.3) is 11.7 Å². The number of nitrogens with zero attached hydrogens (tertiary/aromatic N) is 2. The molecule has 1 aliphatic carbocycles. The second-order valence-corrected chi connectivity index (χ2v) is 19.8. The number of phenolic OH excluding ortho intramolecular Hbond substituents is 1. The van der Waals surface area contributed by atoms with Crippen LogP contribution in [0.4, 0.5) is 11.4 Å². The molecule has 0 radical (unpaired) electrons. The third-order valence-electron chi connectivity index (χ3n) is 13.8. The SMILES string of the molecule is CNc1ccc(C[N+](C)(C)CCOc2cc(O)c3nc4c5c6c7c(C)c8c5c(=O)c(c-4oc3c2)NC(=O)/C(C)=C\C=C\C(C)C[C@@H](C)[C@@H](O)C(O8)C(OC(C)=O)[C@H](C)[C@@H](OC)/C=C/O[C@@](C)(O7)C6=O)cc1. The molecule has 3 unspecified atom stereocenters. The number of ketones is 1. The summed E-state index contributed by atoms with van der Waals surface area (Å²) in [7, 11) is 7.50. The lowest BCUT2D eigenvalue weighted by molar-refractivity contribution is -0.903. The number of hydrogen-bond acceptors (Lipinski definition) is 15. The van der Waals surface area contributed by atoms with Crippen LogP contribution in [0.1, 0.15) is 69.4 Å². The number of likely N-dealkylation sites (N-methyl/N-ethyl adjacent to an activating group) is 1. The summed E-state index contributed by atoms with van der Waals surface area (Å²) < 4.78 is 44.9. The van der Waals surface area contributed by atoms with Crippen LogP contribution in [0, 0.1) is 24.7 Å². The summed E-state index contributed by atoms with van der Waals surface area (Å²) in [4.78, 5) is 62.7. The molecule has 5 aliphatic rings. The molecule has 4 aliphatic heterocycles. The Bertz CT molecular complexity index is 3030. The van der Waals surface area contributed by atoms with Crippen LogP contribution in [0.3, 0.4) is 0 Å². The number of esters is 1. The summed E-state index contributed by atoms with van der Waals surface area (Å²) in [6, 6.07) is 11.1. The van der Waals surface area contributed by atoms with Crippen molar-refractivity contribution in [1.29, 1.82) is 0 Å². The molecule has 17 heteroatoms. The van der Waals surface area contributed by atoms with E-state index >= 15 is 4.79 Å². The number of aromatic hydroxyl groups is 1. The molecule has 4 heterocycles. The Morgan fingerprint density at radius 2 is 1.77 bits per heavy atom. The van der Waals surface area contributed by atoms with E-state index in [1.165, 1.54) is 39.4 Å². The number of aromatic nitrogens is 1. The fraction of sp³-hybridized carbons (Fsp3) is 0.426. The minimum Gasteiger partial charge on any atom is -0.505 e. The normalized spacial score (nSPS) is 26.4. The van der Waals surface area contributed by atoms with Gasteiger partial charge in [-0.3, -0.25) is 19.2 Å². The van der Waals surface area contributed by atoms with Gasteiger partial charge in [0.05, 0.1) is 43.5 Å². The predicted octanol–water partition coefficient (Wildman–Crippen LogP) is 7.80. The smallest absolute Gasteiger partial charge is 0.312 e. The maximum absolute atomic E-state index is 15.6. The quantitative estimate of drug-likeness (QED) is 0.0480. The third-order valence-corrected chi connectivity index (χ3v) is 13.8. The Morgan fingerprint density at radius 1 is 1.04 bits per heavy atom. The zero-order valence-corrected chi connectivity index (χ0v) is 42.0. The Labute approximate surface area is 411 Å². The minimum absolute atomic E-state index is 0.00205. The Morgan fingerprint density at radius 3 is 2.46 bits per heavy atom. The largest absolute Gasteiger partial charge is 0.505 e. The van der Waals surface area contributed by atoms with Gasteiger partial charge >= 0.3 is 11.8 Å². The van der Waals surface area contributed by atoms with E-state index in [2.05, 4.69) is 36.9 Å². The number of hydrogen-bond donors (Lipinski definition) is 4. The van der Waals surface area contributed by atoms with E-state index in [1.807, 2.05) is 39.1 Å². The molecule has 0 saturated heterocycles. The molecular formula is C54H63N4O13+. The molecule has 3 aromatic rings. The van der Waals surface area contributed by atoms with E-state index in [-0.39, 0.29) is 91.2 Å². The maximum Gasteiger partial charge on any atom is 0.312 e. The Balaban J connectivity index is 1.37. The van der Waals surface area contributed by atoms with Crippen molar-refractivity contribution in [2.75, 3.05) is 52.0 Å². The number of aliphatic hydroxyl groups is 1. The van der Waals surface area contributed by atoms with E-state index in [0.717, 1.165) is 17.8 Å². The van der Waals surface area contributed by atoms with Crippen molar-refractivity contribution in [3.8, 4) is 34.5 Å². The number of fused-ring (bicyclic) bond motifs is 8. The standard InChI is InChI=1S/C54H62N4O13/c1-27-13-12-14-28(2)53(64)57-44-46(62)40-39(43-50(44)69-38-25-35(24-36(60)42(38)56-43)66-22-20-58(9,10)26-33-15-17-34(55-8)18-16-33)41-48-31(5)47(40)70-51(45(61)29(3)23-27)49(68-32(6)59)30(4)37(65-11)19-21-67-54(7,71-48)52(41)63/h12-19,21,24-25,27,29-30,37,45,49,51,55,61H,20,22-23,26H2,1-11H3,(H-,56,57,60,62,63,64)/p+1/b13-12+,21-19+,28-14-/t27?,29-,30-,37+,45-,49?,51?,54+/m1/s1. The molecule has 0 spiro atoms. The summed E-state index contributed by atoms with van der Waals surface area (Å²) >= 11 is 0. The molecule has 376 valence electrons. The van der Waals surface area contributed by atoms with Gasteiger partial charge in [0.2, 0.25) is 5.43 Å². The molecule has 4 N–H and O–H groups in total. The fourth-order valence-electron chi connectivity index (χ4n) is 9.77. The second-order valence-electron chi connectivity index (χ2n) is 19.8. The molecule has 8 rings (SSSR count). The number of quaternary nitrogens is 1. The van der Waals surface area contributed by atoms with Gasteiger partial charge in [-0.15, -0.1) is 0 Å². The zero-order valence-electron chi connectivity index (χ0n) is 42.0. The van der Waals surface area contributed by atoms with Crippen molar-refractivity contribution >= 4 is 50.9 Å². The second kappa shape index (κ2) is 19.7. The van der Waals surface area contributed by atoms with Gasteiger partial charge in [0.15, 0.2) is 17.4 Å². The molecule has 0 aromatic heterocycles. The van der Waals surface area contributed by atoms with Crippen LogP contribution in [0.15, 0.2) is 81.7 Å². The molecule has 17 nitrogen and oxygen atoms in total. The van der Waals surface area contributed by atoms with Crippen LogP contribution in [-0.4, -0.2) is 109 Å². The number of aliphatic hydroxyl groups excluding tert-OH is 1. The summed E-state index contributed by atoms with van der Waals surface area (Å²) in [5, 5.41) is 29.8. The van der Waals surface area contributed by atoms with Gasteiger partial charge in [-0.05, 0) is 50.3 Å². The highest BCUT2D eigenvalue weighted by Gasteiger charge is 2.51. The van der Waals surface area contributed by atoms with Gasteiger partial charge in [0.1, 0.15) is 65.7 Å². The van der Waals surface area contributed by atoms with Gasteiger partial charge in [0, 0.05) is 73.8 Å². The van der Waals surface area contributed by atoms with E-state index in [1.54, 1.807) is 39.0 Å². The van der Waals surface area contributed by atoms with Crippen LogP contribution in [0.2, 0.25) is 0 Å². The van der Waals surface area contributed by atoms with Crippen molar-refractivity contribution in [2.24, 2.45) is 17.8 Å². The first-order valence-electron chi connectivity index (χ1n) is 23.8. The number of phenols is 1. The summed E-state index contributed by atoms with van der Waals surface area (Å²) in [5.74, 6) is -5.88. The average Bonchev–Trinajstić information content (AvgIpc) is 3.58. The highest BCUT2D eigenvalue weighted by Crippen LogP contribution is 2.52. The van der Waals surface area contributed by atoms with E-state index < -0.39 is 65.1 Å². The maximum atomic E-state index is 15.6. The third kappa shape index (κ3) is 9.77. The number of allylic oxidation sites excluding steroid dienone is 3. The van der Waals surface area contributed by atoms with Gasteiger partial charge in [-0.1, -0.05) is 51.1 Å². The Hall–Kier alpha value is -6.95. The summed E-state index contributed by atoms with van der Waals surface area (Å²) in [6.07, 6.45) is 3.70. The van der Waals surface area contributed by atoms with Crippen LogP contribution >= 0.6 is 0 Å². The minimum atomic E-state index is -2.01. The lowest BCUT2D eigenvalue weighted by Crippen LogP contribution is -2.52. The van der Waals surface area contributed by atoms with Crippen molar-refractivity contribution < 1.29 is 61.9 Å². The molecular weight excluding hydrogens is 913 g/mol. The van der Waals surface area contributed by atoms with E-state index in [0.29, 0.717) is 17.4 Å². The van der Waals surface area contributed by atoms with Crippen molar-refractivity contribution in [1.82, 2.24) is 4.98 Å². The summed E-state index contributed by atoms with van der Waals surface area (Å²) in [5.41, 5.74) is 1.09. The van der Waals surface area contributed by atoms with Crippen LogP contribution in [-0.2, 0) is 30.3 Å². The predicted molar refractivity (Wildman–Crippen MR) is 267 cm³/mol. The first-order chi connectivity index (χ1) is 33.6. The molecule has 0 fully saturated rings. The van der Waals surface area contributed by atoms with Crippen LogP contribution < -0.4 is 30.3 Å². The lowest BCUT2D eigenvalue weighted by Gasteiger charge is -2.38. The molecule has 71 heavy (non-hydrogen) atoms. The van der Waals surface area contributed by atoms with Gasteiger partial charge in [-0.2, -0.15) is 0 Å². The first-order valence-corrected chi connectivity index (χ1v) is 23.8. The first kappa shape index (κ1) is 50.4. The Kier molecular flexibility index (Phi) is 14.0. The molecule has 3 aromatic carbocycles. The number of carbonyl (C=O) groups excluding carboxylic acids is 3. The lowest BCUT2D eigenvalue weighted by atomic mass is 9.83. The van der Waals surface area contributed by atoms with Crippen LogP contribution in [0.5, 0.6) is 23.0 Å². The number of nitrogens with one attached hydrogen (secondary N) is 2. The van der Waals surface area contributed by atoms with E-state index in [9.17, 15) is 24.6 Å².